The Kier molecular flexibility index (Phi) is 10.1. The standard InChI is InChI=1S/C32H43N3O5S/c1-3-39-26-10-13-34(14-11-26)32(38)29-8-5-24(29)18-35-19-25(28-7-4-22(2)16-23(28)12-15-36)20-40-31-9-6-27(17-30(31)35)41-33-21-37/h4,6-7,9,16-17,21,24-26,29,36H,3,5,8,10-15,18-20H2,1-2H3,(H,33,37). The third kappa shape index (κ3) is 7.01. The Morgan fingerprint density at radius 3 is 2.71 bits per heavy atom. The van der Waals surface area contributed by atoms with Gasteiger partial charge in [0.05, 0.1) is 18.4 Å². The highest BCUT2D eigenvalue weighted by Crippen LogP contribution is 2.42. The van der Waals surface area contributed by atoms with E-state index in [1.807, 2.05) is 19.1 Å². The Bertz CT molecular complexity index is 1200. The van der Waals surface area contributed by atoms with E-state index in [0.717, 1.165) is 80.4 Å². The van der Waals surface area contributed by atoms with Crippen LogP contribution in [-0.2, 0) is 20.7 Å². The summed E-state index contributed by atoms with van der Waals surface area (Å²) < 4.78 is 14.9. The highest BCUT2D eigenvalue weighted by Gasteiger charge is 2.41. The summed E-state index contributed by atoms with van der Waals surface area (Å²) >= 11 is 1.28. The molecule has 0 spiro atoms. The van der Waals surface area contributed by atoms with Crippen LogP contribution >= 0.6 is 11.9 Å². The molecule has 0 bridgehead atoms. The smallest absolute Gasteiger partial charge is 0.226 e. The summed E-state index contributed by atoms with van der Waals surface area (Å²) in [6.45, 7) is 8.55. The number of likely N-dealkylation sites (tertiary alicyclic amines) is 1. The second kappa shape index (κ2) is 13.9. The van der Waals surface area contributed by atoms with Gasteiger partial charge in [-0.05, 0) is 93.1 Å². The number of benzene rings is 2. The summed E-state index contributed by atoms with van der Waals surface area (Å²) in [6.07, 6.45) is 5.36. The fourth-order valence-electron chi connectivity index (χ4n) is 6.57. The van der Waals surface area contributed by atoms with Gasteiger partial charge in [-0.3, -0.25) is 14.3 Å². The molecule has 3 aliphatic rings. The van der Waals surface area contributed by atoms with Gasteiger partial charge in [0.1, 0.15) is 5.75 Å². The van der Waals surface area contributed by atoms with Gasteiger partial charge in [-0.25, -0.2) is 0 Å². The van der Waals surface area contributed by atoms with Gasteiger partial charge in [-0.15, -0.1) is 0 Å². The number of nitrogens with one attached hydrogen (secondary N) is 1. The monoisotopic (exact) mass is 581 g/mol. The topological polar surface area (TPSA) is 91.3 Å². The number of hydrogen-bond donors (Lipinski definition) is 2. The third-order valence-corrected chi connectivity index (χ3v) is 9.55. The van der Waals surface area contributed by atoms with Gasteiger partial charge in [-0.2, -0.15) is 0 Å². The summed E-state index contributed by atoms with van der Waals surface area (Å²) in [5.74, 6) is 1.54. The van der Waals surface area contributed by atoms with Gasteiger partial charge in [0.25, 0.3) is 0 Å². The van der Waals surface area contributed by atoms with Gasteiger partial charge in [0, 0.05) is 56.1 Å². The van der Waals surface area contributed by atoms with Crippen molar-refractivity contribution in [3.8, 4) is 5.75 Å². The number of amides is 2. The van der Waals surface area contributed by atoms with Gasteiger partial charge in [0.15, 0.2) is 0 Å². The average molecular weight is 582 g/mol. The molecule has 2 fully saturated rings. The summed E-state index contributed by atoms with van der Waals surface area (Å²) in [5.41, 5.74) is 4.54. The lowest BCUT2D eigenvalue weighted by Crippen LogP contribution is -2.50. The first-order valence-corrected chi connectivity index (χ1v) is 15.8. The highest BCUT2D eigenvalue weighted by molar-refractivity contribution is 7.97. The third-order valence-electron chi connectivity index (χ3n) is 8.84. The maximum absolute atomic E-state index is 13.6. The minimum Gasteiger partial charge on any atom is -0.491 e. The molecule has 0 radical (unpaired) electrons. The number of carbonyl (C=O) groups is 2. The van der Waals surface area contributed by atoms with Crippen LogP contribution in [0.25, 0.3) is 0 Å². The van der Waals surface area contributed by atoms with Gasteiger partial charge in [0.2, 0.25) is 12.3 Å². The van der Waals surface area contributed by atoms with Crippen molar-refractivity contribution in [2.24, 2.45) is 11.8 Å². The molecule has 2 amide bonds. The van der Waals surface area contributed by atoms with Crippen LogP contribution in [0.3, 0.4) is 0 Å². The maximum Gasteiger partial charge on any atom is 0.226 e. The summed E-state index contributed by atoms with van der Waals surface area (Å²) in [5, 5.41) is 9.76. The molecule has 2 aromatic rings. The summed E-state index contributed by atoms with van der Waals surface area (Å²) in [4.78, 5) is 29.9. The van der Waals surface area contributed by atoms with E-state index < -0.39 is 0 Å². The van der Waals surface area contributed by atoms with Crippen LogP contribution in [0.5, 0.6) is 5.75 Å². The maximum atomic E-state index is 13.6. The Labute approximate surface area is 247 Å². The summed E-state index contributed by atoms with van der Waals surface area (Å²) in [7, 11) is 0. The van der Waals surface area contributed by atoms with Crippen molar-refractivity contribution in [2.75, 3.05) is 50.9 Å². The van der Waals surface area contributed by atoms with E-state index in [1.165, 1.54) is 23.1 Å². The second-order valence-corrected chi connectivity index (χ2v) is 12.4. The molecule has 2 aromatic carbocycles. The zero-order valence-electron chi connectivity index (χ0n) is 24.2. The Hall–Kier alpha value is -2.75. The van der Waals surface area contributed by atoms with Crippen LogP contribution in [0.2, 0.25) is 0 Å². The molecule has 1 saturated heterocycles. The van der Waals surface area contributed by atoms with Crippen LogP contribution in [0.15, 0.2) is 41.3 Å². The average Bonchev–Trinajstić information content (AvgIpc) is 3.14. The fourth-order valence-corrected chi connectivity index (χ4v) is 7.06. The lowest BCUT2D eigenvalue weighted by molar-refractivity contribution is -0.143. The number of anilines is 1. The zero-order chi connectivity index (χ0) is 28.8. The molecule has 9 heteroatoms. The molecule has 41 heavy (non-hydrogen) atoms. The Morgan fingerprint density at radius 2 is 2.00 bits per heavy atom. The molecular formula is C32H43N3O5S. The van der Waals surface area contributed by atoms with Gasteiger partial charge >= 0.3 is 0 Å². The van der Waals surface area contributed by atoms with E-state index in [9.17, 15) is 14.7 Å². The van der Waals surface area contributed by atoms with E-state index in [-0.39, 0.29) is 30.5 Å². The summed E-state index contributed by atoms with van der Waals surface area (Å²) in [6, 6.07) is 12.5. The molecule has 3 unspecified atom stereocenters. The molecule has 2 N–H and O–H groups in total. The number of piperidine rings is 1. The minimum absolute atomic E-state index is 0.0447. The zero-order valence-corrected chi connectivity index (χ0v) is 25.0. The fraction of sp³-hybridized carbons (Fsp3) is 0.562. The van der Waals surface area contributed by atoms with E-state index in [2.05, 4.69) is 45.7 Å². The quantitative estimate of drug-likeness (QED) is 0.302. The number of nitrogens with zero attached hydrogens (tertiary/aromatic N) is 2. The SMILES string of the molecule is CCOC1CCN(C(=O)C2CCC2CN2CC(c3ccc(C)cc3CCO)COc3ccc(SNC=O)cc32)CC1. The van der Waals surface area contributed by atoms with Gasteiger partial charge in [-0.1, -0.05) is 23.8 Å². The van der Waals surface area contributed by atoms with Crippen molar-refractivity contribution < 1.29 is 24.2 Å². The van der Waals surface area contributed by atoms with Crippen molar-refractivity contribution in [2.45, 2.75) is 62.9 Å². The second-order valence-electron chi connectivity index (χ2n) is 11.5. The predicted octanol–water partition coefficient (Wildman–Crippen LogP) is 4.32. The molecule has 0 aromatic heterocycles. The van der Waals surface area contributed by atoms with Crippen LogP contribution in [0.1, 0.15) is 55.2 Å². The van der Waals surface area contributed by atoms with Crippen LogP contribution in [-0.4, -0.2) is 74.4 Å². The van der Waals surface area contributed by atoms with Crippen molar-refractivity contribution in [3.63, 3.8) is 0 Å². The molecule has 5 rings (SSSR count). The molecule has 2 heterocycles. The minimum atomic E-state index is 0.0447. The number of ether oxygens (including phenoxy) is 2. The van der Waals surface area contributed by atoms with Crippen molar-refractivity contribution >= 4 is 30.0 Å². The lowest BCUT2D eigenvalue weighted by atomic mass is 9.72. The van der Waals surface area contributed by atoms with Gasteiger partial charge < -0.3 is 24.4 Å². The van der Waals surface area contributed by atoms with E-state index in [0.29, 0.717) is 25.3 Å². The first-order chi connectivity index (χ1) is 20.0. The van der Waals surface area contributed by atoms with Crippen LogP contribution in [0.4, 0.5) is 5.69 Å². The van der Waals surface area contributed by atoms with Crippen LogP contribution < -0.4 is 14.4 Å². The predicted molar refractivity (Wildman–Crippen MR) is 161 cm³/mol. The van der Waals surface area contributed by atoms with Crippen molar-refractivity contribution in [1.29, 1.82) is 0 Å². The largest absolute Gasteiger partial charge is 0.491 e. The lowest BCUT2D eigenvalue weighted by Gasteiger charge is -2.43. The van der Waals surface area contributed by atoms with Crippen LogP contribution in [0, 0.1) is 18.8 Å². The molecule has 1 aliphatic carbocycles. The van der Waals surface area contributed by atoms with E-state index in [1.54, 1.807) is 0 Å². The number of fused-ring (bicyclic) bond motifs is 1. The number of aliphatic hydroxyl groups is 1. The Balaban J connectivity index is 1.37. The van der Waals surface area contributed by atoms with E-state index >= 15 is 0 Å². The number of aryl methyl sites for hydroxylation is 1. The molecule has 3 atom stereocenters. The normalized spacial score (nSPS) is 22.8. The number of aliphatic hydroxyl groups excluding tert-OH is 1. The van der Waals surface area contributed by atoms with E-state index in [4.69, 9.17) is 9.47 Å². The number of rotatable bonds is 11. The molecular weight excluding hydrogens is 538 g/mol. The van der Waals surface area contributed by atoms with Crippen molar-refractivity contribution in [3.05, 3.63) is 53.1 Å². The molecule has 2 aliphatic heterocycles. The Morgan fingerprint density at radius 1 is 1.17 bits per heavy atom. The first kappa shape index (κ1) is 29.7. The highest BCUT2D eigenvalue weighted by atomic mass is 32.2. The van der Waals surface area contributed by atoms with Crippen molar-refractivity contribution in [1.82, 2.24) is 9.62 Å². The molecule has 222 valence electrons. The first-order valence-electron chi connectivity index (χ1n) is 15.0. The molecule has 1 saturated carbocycles. The number of hydrogen-bond acceptors (Lipinski definition) is 7. The molecule has 8 nitrogen and oxygen atoms in total. The number of carbonyl (C=O) groups excluding carboxylic acids is 2.